The number of carbonyl (C=O) groups is 3. The van der Waals surface area contributed by atoms with Gasteiger partial charge in [0.15, 0.2) is 0 Å². The van der Waals surface area contributed by atoms with E-state index in [1.165, 1.54) is 11.8 Å². The zero-order chi connectivity index (χ0) is 28.5. The molecule has 0 aliphatic heterocycles. The Labute approximate surface area is 238 Å². The Morgan fingerprint density at radius 3 is 2.00 bits per heavy atom. The van der Waals surface area contributed by atoms with Gasteiger partial charge in [-0.05, 0) is 85.5 Å². The summed E-state index contributed by atoms with van der Waals surface area (Å²) in [5.41, 5.74) is 5.85. The van der Waals surface area contributed by atoms with Crippen molar-refractivity contribution >= 4 is 46.9 Å². The van der Waals surface area contributed by atoms with E-state index in [4.69, 9.17) is 0 Å². The molecule has 4 rings (SSSR count). The van der Waals surface area contributed by atoms with Crippen LogP contribution in [-0.2, 0) is 9.59 Å². The van der Waals surface area contributed by atoms with E-state index in [0.29, 0.717) is 11.3 Å². The average Bonchev–Trinajstić information content (AvgIpc) is 2.96. The molecule has 0 aromatic heterocycles. The second-order valence-corrected chi connectivity index (χ2v) is 10.4. The van der Waals surface area contributed by atoms with Crippen LogP contribution in [0.25, 0.3) is 6.08 Å². The standard InChI is InChI=1S/C33H31N3O3S/c1-22-10-7-8-15-26(22)20-29(35-32(38)25-13-5-4-6-14-25)33(39)34-27-16-18-28(19-17-27)40-21-30(37)36-31-23(2)11-9-12-24(31)3/h4-20H,21H2,1-3H3,(H,34,39)(H,35,38)(H,36,37)/b29-20-. The number of thioether (sulfide) groups is 1. The van der Waals surface area contributed by atoms with Crippen LogP contribution in [0, 0.1) is 20.8 Å². The van der Waals surface area contributed by atoms with Crippen molar-refractivity contribution in [2.24, 2.45) is 0 Å². The Morgan fingerprint density at radius 1 is 0.700 bits per heavy atom. The van der Waals surface area contributed by atoms with Crippen LogP contribution >= 0.6 is 11.8 Å². The van der Waals surface area contributed by atoms with Gasteiger partial charge in [0.2, 0.25) is 5.91 Å². The third kappa shape index (κ3) is 7.71. The van der Waals surface area contributed by atoms with Crippen molar-refractivity contribution in [2.75, 3.05) is 16.4 Å². The molecule has 6 nitrogen and oxygen atoms in total. The smallest absolute Gasteiger partial charge is 0.272 e. The minimum Gasteiger partial charge on any atom is -0.325 e. The molecule has 3 amide bonds. The van der Waals surface area contributed by atoms with E-state index >= 15 is 0 Å². The van der Waals surface area contributed by atoms with Crippen LogP contribution in [0.5, 0.6) is 0 Å². The van der Waals surface area contributed by atoms with Gasteiger partial charge in [-0.1, -0.05) is 60.7 Å². The van der Waals surface area contributed by atoms with Gasteiger partial charge in [0, 0.05) is 21.8 Å². The SMILES string of the molecule is Cc1ccccc1/C=C(\NC(=O)c1ccccc1)C(=O)Nc1ccc(SCC(=O)Nc2c(C)cccc2C)cc1. The van der Waals surface area contributed by atoms with E-state index in [-0.39, 0.29) is 23.3 Å². The monoisotopic (exact) mass is 549 g/mol. The molecule has 0 saturated carbocycles. The molecule has 7 heteroatoms. The molecule has 0 unspecified atom stereocenters. The lowest BCUT2D eigenvalue weighted by Gasteiger charge is -2.13. The van der Waals surface area contributed by atoms with Gasteiger partial charge in [-0.2, -0.15) is 0 Å². The number of para-hydroxylation sites is 1. The maximum atomic E-state index is 13.3. The van der Waals surface area contributed by atoms with Gasteiger partial charge in [0.05, 0.1) is 5.75 Å². The van der Waals surface area contributed by atoms with Crippen molar-refractivity contribution in [3.05, 3.63) is 131 Å². The van der Waals surface area contributed by atoms with E-state index in [9.17, 15) is 14.4 Å². The maximum absolute atomic E-state index is 13.3. The van der Waals surface area contributed by atoms with Crippen LogP contribution in [0.1, 0.15) is 32.6 Å². The van der Waals surface area contributed by atoms with Gasteiger partial charge < -0.3 is 16.0 Å². The summed E-state index contributed by atoms with van der Waals surface area (Å²) in [4.78, 5) is 39.5. The quantitative estimate of drug-likeness (QED) is 0.159. The largest absolute Gasteiger partial charge is 0.325 e. The number of rotatable bonds is 9. The highest BCUT2D eigenvalue weighted by molar-refractivity contribution is 8.00. The third-order valence-corrected chi connectivity index (χ3v) is 7.26. The lowest BCUT2D eigenvalue weighted by atomic mass is 10.1. The van der Waals surface area contributed by atoms with Crippen LogP contribution in [-0.4, -0.2) is 23.5 Å². The zero-order valence-corrected chi connectivity index (χ0v) is 23.5. The predicted octanol–water partition coefficient (Wildman–Crippen LogP) is 6.75. The summed E-state index contributed by atoms with van der Waals surface area (Å²) in [5, 5.41) is 8.62. The second-order valence-electron chi connectivity index (χ2n) is 9.32. The minimum absolute atomic E-state index is 0.0834. The van der Waals surface area contributed by atoms with Crippen LogP contribution in [0.2, 0.25) is 0 Å². The highest BCUT2D eigenvalue weighted by Gasteiger charge is 2.16. The molecule has 0 saturated heterocycles. The van der Waals surface area contributed by atoms with E-state index in [1.807, 2.05) is 81.4 Å². The van der Waals surface area contributed by atoms with Crippen molar-refractivity contribution in [3.8, 4) is 0 Å². The fraction of sp³-hybridized carbons (Fsp3) is 0.121. The number of benzene rings is 4. The van der Waals surface area contributed by atoms with E-state index < -0.39 is 5.91 Å². The topological polar surface area (TPSA) is 87.3 Å². The van der Waals surface area contributed by atoms with Gasteiger partial charge in [0.25, 0.3) is 11.8 Å². The first kappa shape index (κ1) is 28.4. The van der Waals surface area contributed by atoms with E-state index in [2.05, 4.69) is 16.0 Å². The van der Waals surface area contributed by atoms with Crippen LogP contribution in [0.15, 0.2) is 108 Å². The fourth-order valence-electron chi connectivity index (χ4n) is 4.02. The summed E-state index contributed by atoms with van der Waals surface area (Å²) in [6.45, 7) is 5.88. The first-order chi connectivity index (χ1) is 19.3. The number of aryl methyl sites for hydroxylation is 3. The van der Waals surface area contributed by atoms with Crippen LogP contribution in [0.4, 0.5) is 11.4 Å². The Hall–Kier alpha value is -4.62. The molecule has 202 valence electrons. The summed E-state index contributed by atoms with van der Waals surface area (Å²) in [6, 6.07) is 29.5. The summed E-state index contributed by atoms with van der Waals surface area (Å²) in [6.07, 6.45) is 1.67. The molecule has 4 aromatic carbocycles. The summed E-state index contributed by atoms with van der Waals surface area (Å²) < 4.78 is 0. The van der Waals surface area contributed by atoms with Gasteiger partial charge in [-0.15, -0.1) is 11.8 Å². The molecule has 0 fully saturated rings. The second kappa shape index (κ2) is 13.4. The molecule has 40 heavy (non-hydrogen) atoms. The number of hydrogen-bond acceptors (Lipinski definition) is 4. The molecule has 0 spiro atoms. The lowest BCUT2D eigenvalue weighted by Crippen LogP contribution is -2.30. The Bertz CT molecular complexity index is 1530. The predicted molar refractivity (Wildman–Crippen MR) is 163 cm³/mol. The molecule has 0 bridgehead atoms. The highest BCUT2D eigenvalue weighted by atomic mass is 32.2. The molecule has 4 aromatic rings. The third-order valence-electron chi connectivity index (χ3n) is 6.24. The highest BCUT2D eigenvalue weighted by Crippen LogP contribution is 2.23. The van der Waals surface area contributed by atoms with Crippen molar-refractivity contribution in [1.82, 2.24) is 5.32 Å². The maximum Gasteiger partial charge on any atom is 0.272 e. The average molecular weight is 550 g/mol. The first-order valence-corrected chi connectivity index (χ1v) is 13.8. The van der Waals surface area contributed by atoms with Crippen LogP contribution < -0.4 is 16.0 Å². The van der Waals surface area contributed by atoms with Crippen molar-refractivity contribution in [3.63, 3.8) is 0 Å². The van der Waals surface area contributed by atoms with Gasteiger partial charge in [-0.25, -0.2) is 0 Å². The van der Waals surface area contributed by atoms with Crippen LogP contribution in [0.3, 0.4) is 0 Å². The summed E-state index contributed by atoms with van der Waals surface area (Å²) >= 11 is 1.41. The number of nitrogens with one attached hydrogen (secondary N) is 3. The Balaban J connectivity index is 1.42. The zero-order valence-electron chi connectivity index (χ0n) is 22.7. The summed E-state index contributed by atoms with van der Waals surface area (Å²) in [5.74, 6) is -0.642. The van der Waals surface area contributed by atoms with Gasteiger partial charge in [0.1, 0.15) is 5.70 Å². The number of carbonyl (C=O) groups excluding carboxylic acids is 3. The molecular weight excluding hydrogens is 518 g/mol. The minimum atomic E-state index is -0.444. The van der Waals surface area contributed by atoms with Gasteiger partial charge in [-0.3, -0.25) is 14.4 Å². The summed E-state index contributed by atoms with van der Waals surface area (Å²) in [7, 11) is 0. The fourth-order valence-corrected chi connectivity index (χ4v) is 4.71. The molecular formula is C33H31N3O3S. The number of anilines is 2. The normalized spacial score (nSPS) is 11.0. The molecule has 3 N–H and O–H groups in total. The first-order valence-electron chi connectivity index (χ1n) is 12.8. The molecule has 0 heterocycles. The Kier molecular flexibility index (Phi) is 9.54. The van der Waals surface area contributed by atoms with E-state index in [0.717, 1.165) is 32.8 Å². The number of hydrogen-bond donors (Lipinski definition) is 3. The van der Waals surface area contributed by atoms with Crippen molar-refractivity contribution in [1.29, 1.82) is 0 Å². The van der Waals surface area contributed by atoms with E-state index in [1.54, 1.807) is 42.5 Å². The lowest BCUT2D eigenvalue weighted by molar-refractivity contribution is -0.114. The molecule has 0 atom stereocenters. The Morgan fingerprint density at radius 2 is 1.32 bits per heavy atom. The number of amides is 3. The van der Waals surface area contributed by atoms with Crippen molar-refractivity contribution in [2.45, 2.75) is 25.7 Å². The molecule has 0 aliphatic rings. The van der Waals surface area contributed by atoms with Crippen molar-refractivity contribution < 1.29 is 14.4 Å². The molecule has 0 radical (unpaired) electrons. The molecule has 0 aliphatic carbocycles. The van der Waals surface area contributed by atoms with Gasteiger partial charge >= 0.3 is 0 Å².